The van der Waals surface area contributed by atoms with Gasteiger partial charge in [0.1, 0.15) is 17.7 Å². The number of nitrogens with one attached hydrogen (secondary N) is 2. The highest BCUT2D eigenvalue weighted by Gasteiger charge is 2.36. The molecule has 2 rings (SSSR count). The Bertz CT molecular complexity index is 1080. The Hall–Kier alpha value is -3.35. The third-order valence-electron chi connectivity index (χ3n) is 6.93. The van der Waals surface area contributed by atoms with Crippen LogP contribution in [0.3, 0.4) is 0 Å². The van der Waals surface area contributed by atoms with Gasteiger partial charge in [-0.2, -0.15) is 0 Å². The molecule has 2 atom stereocenters. The molecule has 2 N–H and O–H groups in total. The number of hydrogen-bond acceptors (Lipinski definition) is 4. The second-order valence-corrected chi connectivity index (χ2v) is 11.7. The molecule has 41 heavy (non-hydrogen) atoms. The van der Waals surface area contributed by atoms with Crippen LogP contribution in [0.1, 0.15) is 102 Å². The molecule has 0 aromatic heterocycles. The molecule has 7 heteroatoms. The van der Waals surface area contributed by atoms with Crippen LogP contribution in [0.25, 0.3) is 0 Å². The first-order valence-corrected chi connectivity index (χ1v) is 15.2. The van der Waals surface area contributed by atoms with Gasteiger partial charge in [0.2, 0.25) is 11.8 Å². The number of carbonyl (C=O) groups excluding carboxylic acids is 3. The van der Waals surface area contributed by atoms with Crippen LogP contribution in [0.4, 0.5) is 4.79 Å². The molecule has 2 unspecified atom stereocenters. The Morgan fingerprint density at radius 3 is 2.12 bits per heavy atom. The SMILES string of the molecule is CCCCCCN(C(=O)C(Cc1ccccc1)NC(=O)OC(C)(C)C)C(C(=O)NCCCCC)c1ccccc1C. The van der Waals surface area contributed by atoms with E-state index < -0.39 is 23.8 Å². The fraction of sp³-hybridized carbons (Fsp3) is 0.559. The van der Waals surface area contributed by atoms with Crippen molar-refractivity contribution in [1.82, 2.24) is 15.5 Å². The van der Waals surface area contributed by atoms with E-state index in [0.717, 1.165) is 61.6 Å². The van der Waals surface area contributed by atoms with Crippen molar-refractivity contribution in [2.24, 2.45) is 0 Å². The molecular weight excluding hydrogens is 514 g/mol. The van der Waals surface area contributed by atoms with E-state index in [4.69, 9.17) is 4.74 Å². The van der Waals surface area contributed by atoms with Gasteiger partial charge in [-0.25, -0.2) is 4.79 Å². The first kappa shape index (κ1) is 33.9. The summed E-state index contributed by atoms with van der Waals surface area (Å²) in [4.78, 5) is 43.0. The van der Waals surface area contributed by atoms with Crippen molar-refractivity contribution in [3.8, 4) is 0 Å². The van der Waals surface area contributed by atoms with Crippen LogP contribution in [0.15, 0.2) is 54.6 Å². The van der Waals surface area contributed by atoms with Crippen LogP contribution in [0, 0.1) is 6.92 Å². The van der Waals surface area contributed by atoms with Crippen LogP contribution in [0.5, 0.6) is 0 Å². The molecule has 0 saturated carbocycles. The molecule has 0 spiro atoms. The Morgan fingerprint density at radius 2 is 1.49 bits per heavy atom. The van der Waals surface area contributed by atoms with Gasteiger partial charge in [0.05, 0.1) is 0 Å². The van der Waals surface area contributed by atoms with E-state index in [-0.39, 0.29) is 18.2 Å². The van der Waals surface area contributed by atoms with E-state index in [1.165, 1.54) is 0 Å². The smallest absolute Gasteiger partial charge is 0.408 e. The van der Waals surface area contributed by atoms with Crippen molar-refractivity contribution in [1.29, 1.82) is 0 Å². The van der Waals surface area contributed by atoms with Gasteiger partial charge in [0.15, 0.2) is 0 Å². The third kappa shape index (κ3) is 12.0. The summed E-state index contributed by atoms with van der Waals surface area (Å²) in [5.41, 5.74) is 1.92. The first-order valence-electron chi connectivity index (χ1n) is 15.2. The van der Waals surface area contributed by atoms with Crippen molar-refractivity contribution in [3.05, 3.63) is 71.3 Å². The van der Waals surface area contributed by atoms with Gasteiger partial charge in [-0.15, -0.1) is 0 Å². The normalized spacial score (nSPS) is 12.7. The average molecular weight is 566 g/mol. The average Bonchev–Trinajstić information content (AvgIpc) is 2.92. The van der Waals surface area contributed by atoms with Crippen molar-refractivity contribution < 1.29 is 19.1 Å². The van der Waals surface area contributed by atoms with E-state index in [2.05, 4.69) is 24.5 Å². The second kappa shape index (κ2) is 17.5. The van der Waals surface area contributed by atoms with Gasteiger partial charge in [0, 0.05) is 19.5 Å². The molecule has 0 fully saturated rings. The maximum absolute atomic E-state index is 14.5. The summed E-state index contributed by atoms with van der Waals surface area (Å²) in [5.74, 6) is -0.497. The molecule has 0 saturated heterocycles. The minimum absolute atomic E-state index is 0.199. The predicted octanol–water partition coefficient (Wildman–Crippen LogP) is 6.89. The Morgan fingerprint density at radius 1 is 0.854 bits per heavy atom. The minimum Gasteiger partial charge on any atom is -0.444 e. The molecule has 7 nitrogen and oxygen atoms in total. The number of amides is 3. The maximum atomic E-state index is 14.5. The highest BCUT2D eigenvalue weighted by molar-refractivity contribution is 5.92. The summed E-state index contributed by atoms with van der Waals surface area (Å²) in [7, 11) is 0. The molecule has 226 valence electrons. The van der Waals surface area contributed by atoms with Crippen LogP contribution in [-0.2, 0) is 20.7 Å². The number of hydrogen-bond donors (Lipinski definition) is 2. The van der Waals surface area contributed by atoms with Crippen molar-refractivity contribution >= 4 is 17.9 Å². The maximum Gasteiger partial charge on any atom is 0.408 e. The molecule has 2 aromatic carbocycles. The van der Waals surface area contributed by atoms with Crippen LogP contribution in [0.2, 0.25) is 0 Å². The van der Waals surface area contributed by atoms with Crippen LogP contribution >= 0.6 is 0 Å². The number of benzene rings is 2. The lowest BCUT2D eigenvalue weighted by molar-refractivity contribution is -0.142. The summed E-state index contributed by atoms with van der Waals surface area (Å²) >= 11 is 0. The molecule has 0 aliphatic rings. The van der Waals surface area contributed by atoms with E-state index in [1.807, 2.05) is 61.5 Å². The lowest BCUT2D eigenvalue weighted by atomic mass is 9.96. The number of nitrogens with zero attached hydrogens (tertiary/aromatic N) is 1. The zero-order valence-corrected chi connectivity index (χ0v) is 26.0. The van der Waals surface area contributed by atoms with Gasteiger partial charge >= 0.3 is 6.09 Å². The molecule has 3 amide bonds. The van der Waals surface area contributed by atoms with E-state index in [1.54, 1.807) is 25.7 Å². The lowest BCUT2D eigenvalue weighted by Gasteiger charge is -2.35. The largest absolute Gasteiger partial charge is 0.444 e. The third-order valence-corrected chi connectivity index (χ3v) is 6.93. The number of ether oxygens (including phenoxy) is 1. The Balaban J connectivity index is 2.51. The van der Waals surface area contributed by atoms with Gasteiger partial charge in [-0.1, -0.05) is 101 Å². The zero-order chi connectivity index (χ0) is 30.3. The Kier molecular flexibility index (Phi) is 14.4. The summed E-state index contributed by atoms with van der Waals surface area (Å²) in [6.07, 6.45) is 6.39. The predicted molar refractivity (Wildman–Crippen MR) is 166 cm³/mol. The minimum atomic E-state index is -0.905. The number of aryl methyl sites for hydroxylation is 1. The summed E-state index contributed by atoms with van der Waals surface area (Å²) in [6, 6.07) is 15.6. The summed E-state index contributed by atoms with van der Waals surface area (Å²) < 4.78 is 5.54. The number of carbonyl (C=O) groups is 3. The Labute approximate surface area is 247 Å². The fourth-order valence-corrected chi connectivity index (χ4v) is 4.80. The molecule has 0 aliphatic carbocycles. The summed E-state index contributed by atoms with van der Waals surface area (Å²) in [6.45, 7) is 12.6. The number of alkyl carbamates (subject to hydrolysis) is 1. The summed E-state index contributed by atoms with van der Waals surface area (Å²) in [5, 5.41) is 5.94. The monoisotopic (exact) mass is 565 g/mol. The standard InChI is InChI=1S/C34H51N3O4/c1-7-9-11-18-24-37(30(28-22-16-15-19-26(28)3)31(38)35-23-17-10-8-2)32(39)29(25-27-20-13-12-14-21-27)36-33(40)41-34(4,5)6/h12-16,19-22,29-30H,7-11,17-18,23-25H2,1-6H3,(H,35,38)(H,36,40). The molecule has 0 radical (unpaired) electrons. The quantitative estimate of drug-likeness (QED) is 0.217. The van der Waals surface area contributed by atoms with Gasteiger partial charge < -0.3 is 20.3 Å². The van der Waals surface area contributed by atoms with Gasteiger partial charge in [-0.05, 0) is 57.2 Å². The van der Waals surface area contributed by atoms with Crippen molar-refractivity contribution in [2.75, 3.05) is 13.1 Å². The van der Waals surface area contributed by atoms with Gasteiger partial charge in [-0.3, -0.25) is 9.59 Å². The fourth-order valence-electron chi connectivity index (χ4n) is 4.80. The highest BCUT2D eigenvalue weighted by atomic mass is 16.6. The second-order valence-electron chi connectivity index (χ2n) is 11.7. The van der Waals surface area contributed by atoms with Gasteiger partial charge in [0.25, 0.3) is 0 Å². The number of unbranched alkanes of at least 4 members (excludes halogenated alkanes) is 5. The zero-order valence-electron chi connectivity index (χ0n) is 26.0. The first-order chi connectivity index (χ1) is 19.6. The molecule has 0 heterocycles. The van der Waals surface area contributed by atoms with Crippen LogP contribution < -0.4 is 10.6 Å². The molecule has 2 aromatic rings. The van der Waals surface area contributed by atoms with E-state index in [9.17, 15) is 14.4 Å². The molecular formula is C34H51N3O4. The van der Waals surface area contributed by atoms with E-state index in [0.29, 0.717) is 13.1 Å². The topological polar surface area (TPSA) is 87.7 Å². The van der Waals surface area contributed by atoms with Crippen molar-refractivity contribution in [3.63, 3.8) is 0 Å². The number of rotatable bonds is 16. The molecule has 0 bridgehead atoms. The van der Waals surface area contributed by atoms with Crippen LogP contribution in [-0.4, -0.2) is 47.5 Å². The lowest BCUT2D eigenvalue weighted by Crippen LogP contribution is -2.54. The van der Waals surface area contributed by atoms with E-state index >= 15 is 0 Å². The molecule has 0 aliphatic heterocycles. The van der Waals surface area contributed by atoms with Crippen molar-refractivity contribution in [2.45, 2.75) is 111 Å². The highest BCUT2D eigenvalue weighted by Crippen LogP contribution is 2.27.